The van der Waals surface area contributed by atoms with Gasteiger partial charge in [0.15, 0.2) is 11.5 Å². The van der Waals surface area contributed by atoms with Crippen molar-refractivity contribution < 1.29 is 14.3 Å². The van der Waals surface area contributed by atoms with Gasteiger partial charge in [0.25, 0.3) is 5.91 Å². The van der Waals surface area contributed by atoms with E-state index in [0.29, 0.717) is 42.5 Å². The molecule has 2 aliphatic rings. The molecule has 1 fully saturated rings. The lowest BCUT2D eigenvalue weighted by atomic mass is 9.92. The maximum atomic E-state index is 13.1. The number of ether oxygens (including phenoxy) is 2. The summed E-state index contributed by atoms with van der Waals surface area (Å²) in [4.78, 5) is 19.9. The lowest BCUT2D eigenvalue weighted by molar-refractivity contribution is 0.0705. The number of carbonyl (C=O) groups excluding carboxylic acids is 1. The Labute approximate surface area is 169 Å². The molecule has 1 aromatic heterocycles. The molecular weight excluding hydrogens is 366 g/mol. The van der Waals surface area contributed by atoms with Gasteiger partial charge in [0.1, 0.15) is 13.2 Å². The molecule has 0 aliphatic carbocycles. The van der Waals surface area contributed by atoms with Crippen molar-refractivity contribution in [3.05, 3.63) is 59.8 Å². The van der Waals surface area contributed by atoms with Gasteiger partial charge in [-0.15, -0.1) is 0 Å². The largest absolute Gasteiger partial charge is 0.486 e. The summed E-state index contributed by atoms with van der Waals surface area (Å²) in [5.41, 5.74) is 9.48. The number of hydrogen-bond donors (Lipinski definition) is 1. The number of nitrogens with zero attached hydrogens (tertiary/aromatic N) is 2. The molecule has 0 saturated carbocycles. The average molecular weight is 389 g/mol. The van der Waals surface area contributed by atoms with Gasteiger partial charge in [-0.05, 0) is 43.2 Å². The minimum Gasteiger partial charge on any atom is -0.486 e. The molecule has 148 valence electrons. The Kier molecular flexibility index (Phi) is 4.46. The highest BCUT2D eigenvalue weighted by molar-refractivity contribution is 5.95. The smallest absolute Gasteiger partial charge is 0.254 e. The topological polar surface area (TPSA) is 77.7 Å². The van der Waals surface area contributed by atoms with Gasteiger partial charge in [0.05, 0.1) is 16.9 Å². The lowest BCUT2D eigenvalue weighted by Crippen LogP contribution is -2.39. The van der Waals surface area contributed by atoms with Crippen molar-refractivity contribution in [3.8, 4) is 11.5 Å². The van der Waals surface area contributed by atoms with Gasteiger partial charge >= 0.3 is 0 Å². The number of carbonyl (C=O) groups is 1. The van der Waals surface area contributed by atoms with Crippen LogP contribution >= 0.6 is 0 Å². The van der Waals surface area contributed by atoms with Crippen LogP contribution in [0.25, 0.3) is 10.9 Å². The first-order chi connectivity index (χ1) is 14.2. The van der Waals surface area contributed by atoms with E-state index < -0.39 is 0 Å². The highest BCUT2D eigenvalue weighted by Gasteiger charge is 2.28. The Morgan fingerprint density at radius 3 is 2.79 bits per heavy atom. The summed E-state index contributed by atoms with van der Waals surface area (Å²) < 4.78 is 11.2. The summed E-state index contributed by atoms with van der Waals surface area (Å²) in [6.45, 7) is 2.39. The van der Waals surface area contributed by atoms with Crippen LogP contribution in [0.3, 0.4) is 0 Å². The summed E-state index contributed by atoms with van der Waals surface area (Å²) in [6.07, 6.45) is 1.90. The fourth-order valence-corrected chi connectivity index (χ4v) is 4.22. The van der Waals surface area contributed by atoms with Crippen molar-refractivity contribution in [3.63, 3.8) is 0 Å². The van der Waals surface area contributed by atoms with E-state index in [9.17, 15) is 4.79 Å². The van der Waals surface area contributed by atoms with Crippen LogP contribution in [-0.2, 0) is 0 Å². The summed E-state index contributed by atoms with van der Waals surface area (Å²) in [6, 6.07) is 15.4. The van der Waals surface area contributed by atoms with Gasteiger partial charge < -0.3 is 20.1 Å². The van der Waals surface area contributed by atoms with Gasteiger partial charge in [-0.3, -0.25) is 9.78 Å². The molecule has 2 aliphatic heterocycles. The number of benzene rings is 2. The zero-order valence-electron chi connectivity index (χ0n) is 16.1. The average Bonchev–Trinajstić information content (AvgIpc) is 2.78. The number of nitrogens with two attached hydrogens (primary N) is 1. The van der Waals surface area contributed by atoms with E-state index in [4.69, 9.17) is 20.2 Å². The van der Waals surface area contributed by atoms with Crippen molar-refractivity contribution in [1.82, 2.24) is 9.88 Å². The number of hydrogen-bond acceptors (Lipinski definition) is 5. The van der Waals surface area contributed by atoms with Gasteiger partial charge in [-0.1, -0.05) is 18.2 Å². The zero-order valence-corrected chi connectivity index (χ0v) is 16.1. The maximum Gasteiger partial charge on any atom is 0.254 e. The number of likely N-dealkylation sites (tertiary alicyclic amines) is 1. The van der Waals surface area contributed by atoms with Crippen molar-refractivity contribution in [2.75, 3.05) is 32.0 Å². The van der Waals surface area contributed by atoms with E-state index in [1.54, 1.807) is 6.07 Å². The van der Waals surface area contributed by atoms with Crippen LogP contribution in [0.2, 0.25) is 0 Å². The zero-order chi connectivity index (χ0) is 19.8. The van der Waals surface area contributed by atoms with Gasteiger partial charge in [0, 0.05) is 30.0 Å². The second-order valence-electron chi connectivity index (χ2n) is 7.60. The third-order valence-electron chi connectivity index (χ3n) is 5.67. The molecule has 0 radical (unpaired) electrons. The Balaban J connectivity index is 1.39. The number of para-hydroxylation sites is 1. The summed E-state index contributed by atoms with van der Waals surface area (Å²) in [5.74, 6) is 1.47. The van der Waals surface area contributed by atoms with Crippen LogP contribution in [0.1, 0.15) is 34.8 Å². The molecule has 6 nitrogen and oxygen atoms in total. The second kappa shape index (κ2) is 7.28. The van der Waals surface area contributed by atoms with Crippen LogP contribution in [-0.4, -0.2) is 42.1 Å². The molecule has 2 aromatic carbocycles. The van der Waals surface area contributed by atoms with E-state index in [1.165, 1.54) is 0 Å². The van der Waals surface area contributed by atoms with Gasteiger partial charge in [-0.2, -0.15) is 0 Å². The molecule has 0 spiro atoms. The van der Waals surface area contributed by atoms with Crippen molar-refractivity contribution >= 4 is 22.5 Å². The van der Waals surface area contributed by atoms with Gasteiger partial charge in [-0.25, -0.2) is 0 Å². The maximum absolute atomic E-state index is 13.1. The van der Waals surface area contributed by atoms with Crippen molar-refractivity contribution in [2.45, 2.75) is 18.8 Å². The third kappa shape index (κ3) is 3.35. The highest BCUT2D eigenvalue weighted by Crippen LogP contribution is 2.34. The predicted octanol–water partition coefficient (Wildman–Crippen LogP) is 3.61. The van der Waals surface area contributed by atoms with Crippen LogP contribution in [0.15, 0.2) is 48.5 Å². The van der Waals surface area contributed by atoms with Crippen LogP contribution in [0, 0.1) is 0 Å². The van der Waals surface area contributed by atoms with E-state index in [2.05, 4.69) is 0 Å². The number of amides is 1. The van der Waals surface area contributed by atoms with E-state index in [1.807, 2.05) is 47.4 Å². The van der Waals surface area contributed by atoms with Gasteiger partial charge in [0.2, 0.25) is 0 Å². The molecule has 5 rings (SSSR count). The van der Waals surface area contributed by atoms with Crippen LogP contribution in [0.5, 0.6) is 11.5 Å². The number of nitrogen functional groups attached to an aromatic ring is 1. The number of pyridine rings is 1. The minimum atomic E-state index is 0.00559. The van der Waals surface area contributed by atoms with E-state index in [0.717, 1.165) is 36.0 Å². The molecule has 29 heavy (non-hydrogen) atoms. The quantitative estimate of drug-likeness (QED) is 0.724. The Hall–Kier alpha value is -3.28. The normalized spacial score (nSPS) is 18.6. The fourth-order valence-electron chi connectivity index (χ4n) is 4.22. The fraction of sp³-hybridized carbons (Fsp3) is 0.304. The van der Waals surface area contributed by atoms with Crippen molar-refractivity contribution in [1.29, 1.82) is 0 Å². The Morgan fingerprint density at radius 2 is 1.90 bits per heavy atom. The summed E-state index contributed by atoms with van der Waals surface area (Å²) >= 11 is 0. The monoisotopic (exact) mass is 389 g/mol. The molecule has 1 atom stereocenters. The van der Waals surface area contributed by atoms with E-state index >= 15 is 0 Å². The Morgan fingerprint density at radius 1 is 1.07 bits per heavy atom. The van der Waals surface area contributed by atoms with Crippen LogP contribution < -0.4 is 15.2 Å². The molecule has 6 heteroatoms. The molecular formula is C23H23N3O3. The molecule has 1 saturated heterocycles. The summed E-state index contributed by atoms with van der Waals surface area (Å²) in [7, 11) is 0. The molecule has 0 unspecified atom stereocenters. The molecule has 2 N–H and O–H groups in total. The number of piperidine rings is 1. The summed E-state index contributed by atoms with van der Waals surface area (Å²) in [5, 5.41) is 1.04. The molecule has 1 amide bonds. The van der Waals surface area contributed by atoms with E-state index in [-0.39, 0.29) is 11.8 Å². The van der Waals surface area contributed by atoms with Crippen molar-refractivity contribution in [2.24, 2.45) is 0 Å². The lowest BCUT2D eigenvalue weighted by Gasteiger charge is -2.33. The first-order valence-electron chi connectivity index (χ1n) is 10.0. The number of rotatable bonds is 2. The molecule has 3 aromatic rings. The Bertz CT molecular complexity index is 1080. The molecule has 3 heterocycles. The minimum absolute atomic E-state index is 0.00559. The molecule has 0 bridgehead atoms. The second-order valence-corrected chi connectivity index (χ2v) is 7.60. The number of aromatic nitrogens is 1. The SMILES string of the molecule is Nc1cc2ccccc2nc1[C@@H]1CCCN(C(=O)c2ccc3c(c2)OCCO3)C1. The first-order valence-corrected chi connectivity index (χ1v) is 10.0. The number of anilines is 1. The third-order valence-corrected chi connectivity index (χ3v) is 5.67. The van der Waals surface area contributed by atoms with Crippen LogP contribution in [0.4, 0.5) is 5.69 Å². The first kappa shape index (κ1) is 17.8. The predicted molar refractivity (Wildman–Crippen MR) is 111 cm³/mol. The highest BCUT2D eigenvalue weighted by atomic mass is 16.6. The number of fused-ring (bicyclic) bond motifs is 2. The standard InChI is InChI=1S/C23H23N3O3/c24-18-12-15-4-1-2-6-19(15)25-22(18)17-5-3-9-26(14-17)23(27)16-7-8-20-21(13-16)29-11-10-28-20/h1-2,4,6-8,12-13,17H,3,5,9-11,14,24H2/t17-/m1/s1.